The monoisotopic (exact) mass is 409 g/mol. The van der Waals surface area contributed by atoms with Crippen molar-refractivity contribution < 1.29 is 14.2 Å². The predicted molar refractivity (Wildman–Crippen MR) is 122 cm³/mol. The normalized spacial score (nSPS) is 18.5. The second-order valence-electron chi connectivity index (χ2n) is 8.58. The number of nitrogens with one attached hydrogen (secondary N) is 1. The van der Waals surface area contributed by atoms with Crippen molar-refractivity contribution in [3.63, 3.8) is 0 Å². The molecular formula is C27H23NO3. The highest BCUT2D eigenvalue weighted by Gasteiger charge is 2.45. The van der Waals surface area contributed by atoms with Gasteiger partial charge in [0.05, 0.1) is 12.7 Å². The van der Waals surface area contributed by atoms with E-state index in [2.05, 4.69) is 61.4 Å². The molecule has 154 valence electrons. The molecule has 1 N–H and O–H groups in total. The molecule has 31 heavy (non-hydrogen) atoms. The molecule has 0 amide bonds. The van der Waals surface area contributed by atoms with Crippen LogP contribution in [-0.4, -0.2) is 17.7 Å². The summed E-state index contributed by atoms with van der Waals surface area (Å²) in [4.78, 5) is 3.45. The van der Waals surface area contributed by atoms with Gasteiger partial charge in [0.15, 0.2) is 0 Å². The van der Waals surface area contributed by atoms with E-state index in [1.54, 1.807) is 7.11 Å². The molecule has 0 saturated carbocycles. The summed E-state index contributed by atoms with van der Waals surface area (Å²) in [7, 11) is 1.70. The fraction of sp³-hybridized carbons (Fsp3) is 0.185. The number of benzene rings is 3. The minimum atomic E-state index is -0.548. The molecule has 2 aliphatic rings. The van der Waals surface area contributed by atoms with E-state index in [-0.39, 0.29) is 5.92 Å². The zero-order chi connectivity index (χ0) is 21.2. The zero-order valence-corrected chi connectivity index (χ0v) is 17.7. The molecule has 0 radical (unpaired) electrons. The van der Waals surface area contributed by atoms with E-state index in [0.29, 0.717) is 0 Å². The number of fused-ring (bicyclic) bond motifs is 4. The van der Waals surface area contributed by atoms with Crippen LogP contribution in [0.4, 0.5) is 0 Å². The summed E-state index contributed by atoms with van der Waals surface area (Å²) >= 11 is 0. The molecular weight excluding hydrogens is 386 g/mol. The van der Waals surface area contributed by atoms with Gasteiger partial charge in [0.2, 0.25) is 0 Å². The summed E-state index contributed by atoms with van der Waals surface area (Å²) in [6.45, 7) is 4.24. The molecule has 0 spiro atoms. The Hall–Kier alpha value is -3.66. The summed E-state index contributed by atoms with van der Waals surface area (Å²) in [6.07, 6.45) is 2.12. The van der Waals surface area contributed by atoms with Crippen LogP contribution >= 0.6 is 0 Å². The van der Waals surface area contributed by atoms with E-state index in [0.717, 1.165) is 45.2 Å². The lowest BCUT2D eigenvalue weighted by Gasteiger charge is -2.43. The molecule has 3 heterocycles. The van der Waals surface area contributed by atoms with Crippen LogP contribution in [0.15, 0.2) is 78.5 Å². The molecule has 6 rings (SSSR count). The molecule has 0 aliphatic carbocycles. The second-order valence-corrected chi connectivity index (χ2v) is 8.58. The number of hydrogen-bond acceptors (Lipinski definition) is 3. The number of ether oxygens (including phenoxy) is 3. The number of para-hydroxylation sites is 2. The van der Waals surface area contributed by atoms with Crippen LogP contribution in [0.3, 0.4) is 0 Å². The predicted octanol–water partition coefficient (Wildman–Crippen LogP) is 6.28. The van der Waals surface area contributed by atoms with Gasteiger partial charge in [0.25, 0.3) is 0 Å². The molecule has 3 aromatic carbocycles. The van der Waals surface area contributed by atoms with E-state index < -0.39 is 5.60 Å². The molecule has 4 nitrogen and oxygen atoms in total. The summed E-state index contributed by atoms with van der Waals surface area (Å²) in [5.41, 5.74) is 4.97. The number of aromatic amines is 1. The topological polar surface area (TPSA) is 43.5 Å². The van der Waals surface area contributed by atoms with Crippen molar-refractivity contribution in [3.8, 4) is 17.2 Å². The van der Waals surface area contributed by atoms with Crippen molar-refractivity contribution in [1.82, 2.24) is 4.98 Å². The van der Waals surface area contributed by atoms with Gasteiger partial charge in [-0.15, -0.1) is 0 Å². The van der Waals surface area contributed by atoms with Gasteiger partial charge in [0.1, 0.15) is 28.6 Å². The molecule has 1 atom stereocenters. The lowest BCUT2D eigenvalue weighted by Crippen LogP contribution is -2.40. The summed E-state index contributed by atoms with van der Waals surface area (Å²) in [5.74, 6) is 3.36. The average Bonchev–Trinajstić information content (AvgIpc) is 3.21. The Bertz CT molecular complexity index is 1360. The molecule has 2 aliphatic heterocycles. The lowest BCUT2D eigenvalue weighted by molar-refractivity contribution is 0.132. The summed E-state index contributed by atoms with van der Waals surface area (Å²) in [6, 6.07) is 22.6. The van der Waals surface area contributed by atoms with Crippen molar-refractivity contribution in [1.29, 1.82) is 0 Å². The van der Waals surface area contributed by atoms with Crippen LogP contribution in [0.5, 0.6) is 17.2 Å². The Morgan fingerprint density at radius 3 is 2.58 bits per heavy atom. The fourth-order valence-electron chi connectivity index (χ4n) is 4.97. The van der Waals surface area contributed by atoms with Gasteiger partial charge in [-0.2, -0.15) is 0 Å². The summed E-state index contributed by atoms with van der Waals surface area (Å²) < 4.78 is 18.7. The van der Waals surface area contributed by atoms with Gasteiger partial charge in [0, 0.05) is 34.2 Å². The number of aromatic nitrogens is 1. The highest BCUT2D eigenvalue weighted by molar-refractivity contribution is 5.87. The van der Waals surface area contributed by atoms with E-state index in [4.69, 9.17) is 14.2 Å². The van der Waals surface area contributed by atoms with Gasteiger partial charge in [-0.3, -0.25) is 0 Å². The van der Waals surface area contributed by atoms with Crippen LogP contribution in [0, 0.1) is 0 Å². The Balaban J connectivity index is 1.69. The van der Waals surface area contributed by atoms with Gasteiger partial charge >= 0.3 is 0 Å². The molecule has 0 saturated heterocycles. The maximum absolute atomic E-state index is 6.57. The van der Waals surface area contributed by atoms with Crippen LogP contribution in [0.25, 0.3) is 16.7 Å². The number of H-pyrrole nitrogens is 1. The number of methoxy groups -OCH3 is 1. The fourth-order valence-corrected chi connectivity index (χ4v) is 4.97. The smallest absolute Gasteiger partial charge is 0.142 e. The van der Waals surface area contributed by atoms with Crippen molar-refractivity contribution in [2.75, 3.05) is 7.11 Å². The first kappa shape index (κ1) is 18.1. The number of rotatable bonds is 2. The number of hydrogen-bond donors (Lipinski definition) is 1. The van der Waals surface area contributed by atoms with Crippen LogP contribution in [0.1, 0.15) is 36.5 Å². The first-order chi connectivity index (χ1) is 15.1. The van der Waals surface area contributed by atoms with Crippen LogP contribution < -0.4 is 14.2 Å². The molecule has 1 aromatic heterocycles. The van der Waals surface area contributed by atoms with Crippen LogP contribution in [-0.2, 0) is 0 Å². The van der Waals surface area contributed by atoms with E-state index >= 15 is 0 Å². The maximum atomic E-state index is 6.57. The lowest BCUT2D eigenvalue weighted by atomic mass is 9.73. The quantitative estimate of drug-likeness (QED) is 0.423. The van der Waals surface area contributed by atoms with Gasteiger partial charge in [-0.25, -0.2) is 0 Å². The Labute approximate surface area is 181 Å². The Morgan fingerprint density at radius 1 is 0.903 bits per heavy atom. The van der Waals surface area contributed by atoms with Gasteiger partial charge < -0.3 is 19.2 Å². The molecule has 4 heteroatoms. The van der Waals surface area contributed by atoms with Crippen molar-refractivity contribution in [2.24, 2.45) is 0 Å². The highest BCUT2D eigenvalue weighted by atomic mass is 16.5. The minimum Gasteiger partial charge on any atom is -0.497 e. The van der Waals surface area contributed by atoms with Crippen molar-refractivity contribution >= 4 is 16.7 Å². The molecule has 0 fully saturated rings. The summed E-state index contributed by atoms with van der Waals surface area (Å²) in [5, 5.41) is 1.20. The standard InChI is InChI=1S/C27H23NO3/c1-27(2)25-24(20-15-28-21-10-6-4-8-17(20)21)19-14-16(29-3)12-13-22(19)30-26(25)18-9-5-7-11-23(18)31-27/h4-15,24,28H,1-3H3. The first-order valence-corrected chi connectivity index (χ1v) is 10.5. The molecule has 4 aromatic rings. The molecule has 1 unspecified atom stereocenters. The van der Waals surface area contributed by atoms with Gasteiger partial charge in [-0.1, -0.05) is 30.3 Å². The third-order valence-corrected chi connectivity index (χ3v) is 6.35. The highest BCUT2D eigenvalue weighted by Crippen LogP contribution is 2.55. The largest absolute Gasteiger partial charge is 0.497 e. The van der Waals surface area contributed by atoms with Gasteiger partial charge in [-0.05, 0) is 55.8 Å². The minimum absolute atomic E-state index is 0.0339. The van der Waals surface area contributed by atoms with Crippen molar-refractivity contribution in [2.45, 2.75) is 25.4 Å². The Kier molecular flexibility index (Phi) is 3.75. The Morgan fingerprint density at radius 2 is 1.71 bits per heavy atom. The second kappa shape index (κ2) is 6.42. The van der Waals surface area contributed by atoms with Crippen molar-refractivity contribution in [3.05, 3.63) is 95.2 Å². The average molecular weight is 409 g/mol. The van der Waals surface area contributed by atoms with E-state index in [9.17, 15) is 0 Å². The third kappa shape index (κ3) is 2.61. The first-order valence-electron chi connectivity index (χ1n) is 10.5. The molecule has 0 bridgehead atoms. The maximum Gasteiger partial charge on any atom is 0.142 e. The van der Waals surface area contributed by atoms with Crippen LogP contribution in [0.2, 0.25) is 0 Å². The third-order valence-electron chi connectivity index (χ3n) is 6.35. The SMILES string of the molecule is COc1ccc2c(c1)C(c1c[nH]c3ccccc13)C1=C(O2)c2ccccc2OC1(C)C. The van der Waals surface area contributed by atoms with E-state index in [1.807, 2.05) is 30.3 Å². The zero-order valence-electron chi connectivity index (χ0n) is 17.7. The van der Waals surface area contributed by atoms with E-state index in [1.165, 1.54) is 10.9 Å².